The second kappa shape index (κ2) is 8.02. The lowest BCUT2D eigenvalue weighted by Crippen LogP contribution is -2.27. The van der Waals surface area contributed by atoms with E-state index in [1.54, 1.807) is 18.2 Å². The van der Waals surface area contributed by atoms with Crippen molar-refractivity contribution in [3.8, 4) is 0 Å². The van der Waals surface area contributed by atoms with Gasteiger partial charge in [0, 0.05) is 24.3 Å². The molecule has 0 aliphatic heterocycles. The summed E-state index contributed by atoms with van der Waals surface area (Å²) in [6.45, 7) is 5.11. The molecular weight excluding hydrogens is 264 g/mol. The average Bonchev–Trinajstić information content (AvgIpc) is 2.42. The van der Waals surface area contributed by atoms with Crippen molar-refractivity contribution in [3.63, 3.8) is 0 Å². The van der Waals surface area contributed by atoms with Crippen molar-refractivity contribution >= 4 is 23.2 Å². The van der Waals surface area contributed by atoms with Crippen LogP contribution in [0, 0.1) is 5.92 Å². The molecule has 3 N–H and O–H groups in total. The predicted molar refractivity (Wildman–Crippen MR) is 78.8 cm³/mol. The van der Waals surface area contributed by atoms with E-state index in [9.17, 15) is 9.90 Å². The Balaban J connectivity index is 2.58. The molecule has 1 amide bonds. The topological polar surface area (TPSA) is 61.4 Å². The van der Waals surface area contributed by atoms with Gasteiger partial charge in [-0.2, -0.15) is 0 Å². The quantitative estimate of drug-likeness (QED) is 0.672. The second-order valence-corrected chi connectivity index (χ2v) is 5.18. The zero-order valence-electron chi connectivity index (χ0n) is 11.3. The minimum atomic E-state index is -0.597. The van der Waals surface area contributed by atoms with Crippen LogP contribution in [-0.2, 0) is 0 Å². The van der Waals surface area contributed by atoms with Crippen molar-refractivity contribution in [3.05, 3.63) is 29.8 Å². The summed E-state index contributed by atoms with van der Waals surface area (Å²) in [5.74, 6) is 0.515. The number of aliphatic hydroxyl groups is 1. The first-order valence-electron chi connectivity index (χ1n) is 6.39. The Hall–Kier alpha value is -1.26. The molecule has 1 atom stereocenters. The third-order valence-electron chi connectivity index (χ3n) is 2.52. The van der Waals surface area contributed by atoms with Crippen molar-refractivity contribution in [2.45, 2.75) is 20.0 Å². The third-order valence-corrected chi connectivity index (χ3v) is 2.87. The van der Waals surface area contributed by atoms with Crippen molar-refractivity contribution < 1.29 is 9.90 Å². The van der Waals surface area contributed by atoms with Crippen LogP contribution < -0.4 is 10.6 Å². The lowest BCUT2D eigenvalue weighted by atomic mass is 10.1. The summed E-state index contributed by atoms with van der Waals surface area (Å²) in [6.07, 6.45) is -0.597. The maximum atomic E-state index is 11.9. The molecule has 0 saturated heterocycles. The molecule has 4 nitrogen and oxygen atoms in total. The van der Waals surface area contributed by atoms with Crippen LogP contribution in [0.1, 0.15) is 24.2 Å². The maximum Gasteiger partial charge on any atom is 0.251 e. The molecule has 5 heteroatoms. The van der Waals surface area contributed by atoms with E-state index in [-0.39, 0.29) is 11.8 Å². The van der Waals surface area contributed by atoms with E-state index in [2.05, 4.69) is 10.6 Å². The van der Waals surface area contributed by atoms with Gasteiger partial charge in [0.2, 0.25) is 0 Å². The smallest absolute Gasteiger partial charge is 0.251 e. The normalized spacial score (nSPS) is 12.3. The molecule has 0 fully saturated rings. The number of hydrogen-bond donors (Lipinski definition) is 3. The highest BCUT2D eigenvalue weighted by Crippen LogP contribution is 2.11. The summed E-state index contributed by atoms with van der Waals surface area (Å²) in [7, 11) is 0. The Kier molecular flexibility index (Phi) is 6.67. The van der Waals surface area contributed by atoms with Gasteiger partial charge >= 0.3 is 0 Å². The summed E-state index contributed by atoms with van der Waals surface area (Å²) in [5.41, 5.74) is 1.40. The number of carbonyl (C=O) groups is 1. The second-order valence-electron chi connectivity index (χ2n) is 4.87. The first-order chi connectivity index (χ1) is 9.02. The first kappa shape index (κ1) is 15.8. The summed E-state index contributed by atoms with van der Waals surface area (Å²) in [5, 5.41) is 15.3. The largest absolute Gasteiger partial charge is 0.390 e. The highest BCUT2D eigenvalue weighted by Gasteiger charge is 2.07. The third kappa shape index (κ3) is 5.94. The van der Waals surface area contributed by atoms with Crippen LogP contribution in [0.25, 0.3) is 0 Å². The Labute approximate surface area is 119 Å². The van der Waals surface area contributed by atoms with Gasteiger partial charge in [-0.1, -0.05) is 19.9 Å². The number of alkyl halides is 1. The highest BCUT2D eigenvalue weighted by molar-refractivity contribution is 6.18. The van der Waals surface area contributed by atoms with E-state index < -0.39 is 6.10 Å². The van der Waals surface area contributed by atoms with Crippen LogP contribution in [0.5, 0.6) is 0 Å². The van der Waals surface area contributed by atoms with Gasteiger partial charge in [0.1, 0.15) is 0 Å². The van der Waals surface area contributed by atoms with Crippen molar-refractivity contribution in [2.24, 2.45) is 5.92 Å². The van der Waals surface area contributed by atoms with Gasteiger partial charge in [-0.05, 0) is 24.1 Å². The molecule has 1 aromatic rings. The number of anilines is 1. The van der Waals surface area contributed by atoms with Crippen LogP contribution in [0.4, 0.5) is 5.69 Å². The lowest BCUT2D eigenvalue weighted by molar-refractivity contribution is 0.0949. The Morgan fingerprint density at radius 2 is 2.11 bits per heavy atom. The fraction of sp³-hybridized carbons (Fsp3) is 0.500. The first-order valence-corrected chi connectivity index (χ1v) is 6.92. The number of halogens is 1. The number of hydrogen-bond acceptors (Lipinski definition) is 3. The number of amides is 1. The summed E-state index contributed by atoms with van der Waals surface area (Å²) in [4.78, 5) is 11.9. The van der Waals surface area contributed by atoms with Gasteiger partial charge in [-0.25, -0.2) is 0 Å². The Bertz CT molecular complexity index is 410. The zero-order valence-corrected chi connectivity index (χ0v) is 12.1. The number of nitrogens with one attached hydrogen (secondary N) is 2. The molecule has 0 aromatic heterocycles. The number of rotatable bonds is 7. The molecule has 0 saturated carbocycles. The molecule has 1 rings (SSSR count). The van der Waals surface area contributed by atoms with E-state index in [1.165, 1.54) is 0 Å². The van der Waals surface area contributed by atoms with Gasteiger partial charge < -0.3 is 15.7 Å². The molecule has 0 bridgehead atoms. The molecule has 106 valence electrons. The highest BCUT2D eigenvalue weighted by atomic mass is 35.5. The van der Waals surface area contributed by atoms with E-state index >= 15 is 0 Å². The molecule has 0 spiro atoms. The summed E-state index contributed by atoms with van der Waals surface area (Å²) in [6, 6.07) is 7.18. The van der Waals surface area contributed by atoms with Crippen LogP contribution in [0.2, 0.25) is 0 Å². The van der Waals surface area contributed by atoms with E-state index in [1.807, 2.05) is 19.9 Å². The van der Waals surface area contributed by atoms with E-state index in [0.717, 1.165) is 5.69 Å². The number of carbonyl (C=O) groups excluding carboxylic acids is 1. The standard InChI is InChI=1S/C14H21ClN2O2/c1-10(2)8-17-14(19)11-4-3-5-12(6-11)16-9-13(18)7-15/h3-6,10,13,16,18H,7-9H2,1-2H3,(H,17,19). The van der Waals surface area contributed by atoms with Crippen molar-refractivity contribution in [1.82, 2.24) is 5.32 Å². The Morgan fingerprint density at radius 3 is 2.74 bits per heavy atom. The molecule has 0 aliphatic rings. The van der Waals surface area contributed by atoms with Crippen molar-refractivity contribution in [2.75, 3.05) is 24.3 Å². The molecule has 19 heavy (non-hydrogen) atoms. The summed E-state index contributed by atoms with van der Waals surface area (Å²) >= 11 is 5.52. The molecule has 0 heterocycles. The van der Waals surface area contributed by atoms with Gasteiger partial charge in [-0.15, -0.1) is 11.6 Å². The lowest BCUT2D eigenvalue weighted by Gasteiger charge is -2.12. The SMILES string of the molecule is CC(C)CNC(=O)c1cccc(NCC(O)CCl)c1. The van der Waals surface area contributed by atoms with Crippen LogP contribution in [-0.4, -0.2) is 36.1 Å². The fourth-order valence-electron chi connectivity index (χ4n) is 1.46. The molecule has 1 aromatic carbocycles. The minimum absolute atomic E-state index is 0.0877. The maximum absolute atomic E-state index is 11.9. The van der Waals surface area contributed by atoms with E-state index in [4.69, 9.17) is 11.6 Å². The zero-order chi connectivity index (χ0) is 14.3. The molecule has 0 aliphatic carbocycles. The molecular formula is C14H21ClN2O2. The van der Waals surface area contributed by atoms with Crippen LogP contribution in [0.15, 0.2) is 24.3 Å². The average molecular weight is 285 g/mol. The van der Waals surface area contributed by atoms with Crippen LogP contribution in [0.3, 0.4) is 0 Å². The Morgan fingerprint density at radius 1 is 1.37 bits per heavy atom. The fourth-order valence-corrected chi connectivity index (χ4v) is 1.57. The van der Waals surface area contributed by atoms with Crippen molar-refractivity contribution in [1.29, 1.82) is 0 Å². The monoisotopic (exact) mass is 284 g/mol. The van der Waals surface area contributed by atoms with E-state index in [0.29, 0.717) is 24.6 Å². The van der Waals surface area contributed by atoms with Gasteiger partial charge in [0.05, 0.1) is 12.0 Å². The summed E-state index contributed by atoms with van der Waals surface area (Å²) < 4.78 is 0. The van der Waals surface area contributed by atoms with Gasteiger partial charge in [0.25, 0.3) is 5.91 Å². The van der Waals surface area contributed by atoms with Gasteiger partial charge in [0.15, 0.2) is 0 Å². The number of benzene rings is 1. The molecule has 0 radical (unpaired) electrons. The predicted octanol–water partition coefficient (Wildman–Crippen LogP) is 2.08. The molecule has 1 unspecified atom stereocenters. The van der Waals surface area contributed by atoms with Gasteiger partial charge in [-0.3, -0.25) is 4.79 Å². The van der Waals surface area contributed by atoms with Crippen LogP contribution >= 0.6 is 11.6 Å². The minimum Gasteiger partial charge on any atom is -0.390 e. The number of aliphatic hydroxyl groups excluding tert-OH is 1.